The SMILES string of the molecule is CC(C)(C)OC(=O)N1CCNCC1c1csc(Cl)c1. The number of nitrogens with one attached hydrogen (secondary N) is 1. The Kier molecular flexibility index (Phi) is 4.38. The van der Waals surface area contributed by atoms with Gasteiger partial charge in [0.2, 0.25) is 0 Å². The number of carbonyl (C=O) groups excluding carboxylic acids is 1. The molecule has 1 saturated heterocycles. The summed E-state index contributed by atoms with van der Waals surface area (Å²) < 4.78 is 6.21. The van der Waals surface area contributed by atoms with Gasteiger partial charge in [-0.25, -0.2) is 4.79 Å². The van der Waals surface area contributed by atoms with E-state index in [2.05, 4.69) is 5.32 Å². The molecule has 0 spiro atoms. The maximum atomic E-state index is 12.3. The standard InChI is InChI=1S/C13H19ClN2O2S/c1-13(2,3)18-12(17)16-5-4-15-7-10(16)9-6-11(14)19-8-9/h6,8,10,15H,4-5,7H2,1-3H3. The Morgan fingerprint density at radius 1 is 1.58 bits per heavy atom. The number of halogens is 1. The first kappa shape index (κ1) is 14.6. The maximum Gasteiger partial charge on any atom is 0.410 e. The second-order valence-electron chi connectivity index (χ2n) is 5.58. The molecule has 2 rings (SSSR count). The highest BCUT2D eigenvalue weighted by atomic mass is 35.5. The lowest BCUT2D eigenvalue weighted by atomic mass is 10.1. The Bertz CT molecular complexity index is 456. The van der Waals surface area contributed by atoms with Crippen LogP contribution in [0.2, 0.25) is 4.34 Å². The van der Waals surface area contributed by atoms with Crippen LogP contribution in [0.5, 0.6) is 0 Å². The fourth-order valence-corrected chi connectivity index (χ4v) is 2.98. The summed E-state index contributed by atoms with van der Waals surface area (Å²) in [4.78, 5) is 14.0. The van der Waals surface area contributed by atoms with E-state index >= 15 is 0 Å². The minimum absolute atomic E-state index is 0.00708. The summed E-state index contributed by atoms with van der Waals surface area (Å²) in [7, 11) is 0. The summed E-state index contributed by atoms with van der Waals surface area (Å²) in [6.45, 7) is 7.80. The quantitative estimate of drug-likeness (QED) is 0.865. The lowest BCUT2D eigenvalue weighted by Gasteiger charge is -2.36. The van der Waals surface area contributed by atoms with Crippen molar-refractivity contribution in [3.63, 3.8) is 0 Å². The molecule has 0 saturated carbocycles. The first-order valence-corrected chi connectivity index (χ1v) is 7.57. The fraction of sp³-hybridized carbons (Fsp3) is 0.615. The van der Waals surface area contributed by atoms with E-state index in [0.29, 0.717) is 6.54 Å². The fourth-order valence-electron chi connectivity index (χ4n) is 2.04. The number of nitrogens with zero attached hydrogens (tertiary/aromatic N) is 1. The summed E-state index contributed by atoms with van der Waals surface area (Å²) in [5.74, 6) is 0. The molecule has 1 N–H and O–H groups in total. The van der Waals surface area contributed by atoms with Gasteiger partial charge in [0.15, 0.2) is 0 Å². The Labute approximate surface area is 122 Å². The van der Waals surface area contributed by atoms with Crippen molar-refractivity contribution in [2.45, 2.75) is 32.4 Å². The average molecular weight is 303 g/mol. The van der Waals surface area contributed by atoms with Crippen LogP contribution in [0.15, 0.2) is 11.4 Å². The predicted octanol–water partition coefficient (Wildman–Crippen LogP) is 3.28. The molecule has 0 aromatic carbocycles. The van der Waals surface area contributed by atoms with Crippen molar-refractivity contribution in [1.29, 1.82) is 0 Å². The lowest BCUT2D eigenvalue weighted by Crippen LogP contribution is -2.50. The van der Waals surface area contributed by atoms with E-state index in [-0.39, 0.29) is 12.1 Å². The van der Waals surface area contributed by atoms with E-state index in [0.717, 1.165) is 23.0 Å². The summed E-state index contributed by atoms with van der Waals surface area (Å²) in [6, 6.07) is 1.91. The number of ether oxygens (including phenoxy) is 1. The third kappa shape index (κ3) is 3.84. The highest BCUT2D eigenvalue weighted by molar-refractivity contribution is 7.14. The molecule has 0 aliphatic carbocycles. The number of thiophene rings is 1. The zero-order valence-corrected chi connectivity index (χ0v) is 13.0. The van der Waals surface area contributed by atoms with Crippen LogP contribution in [0, 0.1) is 0 Å². The van der Waals surface area contributed by atoms with Crippen LogP contribution < -0.4 is 5.32 Å². The smallest absolute Gasteiger partial charge is 0.410 e. The molecule has 1 amide bonds. The van der Waals surface area contributed by atoms with Gasteiger partial charge in [-0.2, -0.15) is 0 Å². The molecule has 0 radical (unpaired) electrons. The van der Waals surface area contributed by atoms with Crippen molar-refractivity contribution < 1.29 is 9.53 Å². The number of hydrogen-bond acceptors (Lipinski definition) is 4. The van der Waals surface area contributed by atoms with Crippen molar-refractivity contribution >= 4 is 29.0 Å². The largest absolute Gasteiger partial charge is 0.444 e. The zero-order valence-electron chi connectivity index (χ0n) is 11.4. The topological polar surface area (TPSA) is 41.6 Å². The average Bonchev–Trinajstić information content (AvgIpc) is 2.73. The van der Waals surface area contributed by atoms with Crippen LogP contribution in [0.25, 0.3) is 0 Å². The van der Waals surface area contributed by atoms with Crippen molar-refractivity contribution in [3.05, 3.63) is 21.3 Å². The monoisotopic (exact) mass is 302 g/mol. The van der Waals surface area contributed by atoms with Crippen molar-refractivity contribution in [2.24, 2.45) is 0 Å². The number of carbonyl (C=O) groups is 1. The predicted molar refractivity (Wildman–Crippen MR) is 77.9 cm³/mol. The van der Waals surface area contributed by atoms with Crippen LogP contribution in [0.1, 0.15) is 32.4 Å². The van der Waals surface area contributed by atoms with Gasteiger partial charge < -0.3 is 10.1 Å². The number of rotatable bonds is 1. The van der Waals surface area contributed by atoms with Crippen molar-refractivity contribution in [3.8, 4) is 0 Å². The molecule has 1 aromatic heterocycles. The Balaban J connectivity index is 2.14. The van der Waals surface area contributed by atoms with Crippen LogP contribution in [0.3, 0.4) is 0 Å². The van der Waals surface area contributed by atoms with Gasteiger partial charge in [-0.15, -0.1) is 11.3 Å². The minimum atomic E-state index is -0.473. The molecular weight excluding hydrogens is 284 g/mol. The molecule has 106 valence electrons. The number of piperazine rings is 1. The van der Waals surface area contributed by atoms with E-state index in [1.807, 2.05) is 32.2 Å². The van der Waals surface area contributed by atoms with E-state index in [4.69, 9.17) is 16.3 Å². The number of amides is 1. The molecule has 4 nitrogen and oxygen atoms in total. The molecule has 1 atom stereocenters. The third-order valence-corrected chi connectivity index (χ3v) is 3.95. The minimum Gasteiger partial charge on any atom is -0.444 e. The van der Waals surface area contributed by atoms with E-state index in [1.165, 1.54) is 11.3 Å². The molecule has 0 bridgehead atoms. The van der Waals surface area contributed by atoms with Crippen LogP contribution >= 0.6 is 22.9 Å². The third-order valence-electron chi connectivity index (χ3n) is 2.84. The Morgan fingerprint density at radius 2 is 2.32 bits per heavy atom. The molecule has 2 heterocycles. The number of hydrogen-bond donors (Lipinski definition) is 1. The lowest BCUT2D eigenvalue weighted by molar-refractivity contribution is 0.0118. The summed E-state index contributed by atoms with van der Waals surface area (Å²) in [5.41, 5.74) is 0.590. The molecule has 1 aliphatic rings. The molecule has 1 aliphatic heterocycles. The van der Waals surface area contributed by atoms with Gasteiger partial charge in [-0.1, -0.05) is 11.6 Å². The second kappa shape index (κ2) is 5.69. The summed E-state index contributed by atoms with van der Waals surface area (Å²) in [5, 5.41) is 5.30. The molecular formula is C13H19ClN2O2S. The van der Waals surface area contributed by atoms with E-state index in [9.17, 15) is 4.79 Å². The van der Waals surface area contributed by atoms with Gasteiger partial charge in [0, 0.05) is 19.6 Å². The van der Waals surface area contributed by atoms with Gasteiger partial charge in [-0.3, -0.25) is 4.90 Å². The van der Waals surface area contributed by atoms with E-state index in [1.54, 1.807) is 4.90 Å². The van der Waals surface area contributed by atoms with Gasteiger partial charge in [0.1, 0.15) is 5.60 Å². The van der Waals surface area contributed by atoms with Crippen molar-refractivity contribution in [1.82, 2.24) is 10.2 Å². The van der Waals surface area contributed by atoms with Crippen LogP contribution in [-0.2, 0) is 4.74 Å². The van der Waals surface area contributed by atoms with Crippen LogP contribution in [-0.4, -0.2) is 36.2 Å². The first-order chi connectivity index (χ1) is 8.87. The Morgan fingerprint density at radius 3 is 2.89 bits per heavy atom. The molecule has 6 heteroatoms. The summed E-state index contributed by atoms with van der Waals surface area (Å²) in [6.07, 6.45) is -0.263. The van der Waals surface area contributed by atoms with Gasteiger partial charge in [0.25, 0.3) is 0 Å². The zero-order chi connectivity index (χ0) is 14.0. The molecule has 1 aromatic rings. The normalized spacial score (nSPS) is 20.4. The molecule has 19 heavy (non-hydrogen) atoms. The maximum absolute atomic E-state index is 12.3. The second-order valence-corrected chi connectivity index (χ2v) is 7.12. The van der Waals surface area contributed by atoms with Gasteiger partial charge in [-0.05, 0) is 37.8 Å². The van der Waals surface area contributed by atoms with Gasteiger partial charge in [0.05, 0.1) is 10.4 Å². The van der Waals surface area contributed by atoms with Crippen molar-refractivity contribution in [2.75, 3.05) is 19.6 Å². The van der Waals surface area contributed by atoms with Gasteiger partial charge >= 0.3 is 6.09 Å². The first-order valence-electron chi connectivity index (χ1n) is 6.31. The molecule has 1 unspecified atom stereocenters. The Hall–Kier alpha value is -0.780. The summed E-state index contributed by atoms with van der Waals surface area (Å²) >= 11 is 7.46. The molecule has 1 fully saturated rings. The highest BCUT2D eigenvalue weighted by Gasteiger charge is 2.31. The highest BCUT2D eigenvalue weighted by Crippen LogP contribution is 2.30. The van der Waals surface area contributed by atoms with Crippen LogP contribution in [0.4, 0.5) is 4.79 Å². The van der Waals surface area contributed by atoms with E-state index < -0.39 is 5.60 Å².